The molecule has 0 aromatic heterocycles. The van der Waals surface area contributed by atoms with E-state index < -0.39 is 11.6 Å². The molecule has 0 unspecified atom stereocenters. The van der Waals surface area contributed by atoms with Crippen molar-refractivity contribution in [1.82, 2.24) is 0 Å². The number of para-hydroxylation sites is 1. The van der Waals surface area contributed by atoms with E-state index in [9.17, 15) is 8.78 Å². The lowest BCUT2D eigenvalue weighted by Gasteiger charge is -2.25. The first-order valence-corrected chi connectivity index (χ1v) is 6.99. The van der Waals surface area contributed by atoms with Gasteiger partial charge in [0.1, 0.15) is 0 Å². The topological polar surface area (TPSA) is 29.3 Å². The summed E-state index contributed by atoms with van der Waals surface area (Å²) in [6.45, 7) is 1.09. The second-order valence-corrected chi connectivity index (χ2v) is 5.25. The molecule has 0 bridgehead atoms. The number of halogens is 2. The van der Waals surface area contributed by atoms with Crippen LogP contribution in [0.25, 0.3) is 0 Å². The maximum Gasteiger partial charge on any atom is 0.159 e. The summed E-state index contributed by atoms with van der Waals surface area (Å²) >= 11 is 4.91. The molecule has 0 radical (unpaired) electrons. The summed E-state index contributed by atoms with van der Waals surface area (Å²) in [5.41, 5.74) is 7.23. The first kappa shape index (κ1) is 15.4. The van der Waals surface area contributed by atoms with Crippen molar-refractivity contribution in [3.05, 3.63) is 65.7 Å². The average molecular weight is 306 g/mol. The number of nitrogens with zero attached hydrogens (tertiary/aromatic N) is 1. The molecule has 2 aromatic carbocycles. The van der Waals surface area contributed by atoms with E-state index >= 15 is 0 Å². The lowest BCUT2D eigenvalue weighted by Crippen LogP contribution is -2.27. The zero-order valence-corrected chi connectivity index (χ0v) is 12.2. The van der Waals surface area contributed by atoms with E-state index in [1.54, 1.807) is 6.07 Å². The van der Waals surface area contributed by atoms with Gasteiger partial charge in [-0.3, -0.25) is 0 Å². The van der Waals surface area contributed by atoms with Crippen molar-refractivity contribution in [2.75, 3.05) is 11.4 Å². The molecule has 21 heavy (non-hydrogen) atoms. The Kier molecular flexibility index (Phi) is 5.22. The van der Waals surface area contributed by atoms with Gasteiger partial charge < -0.3 is 10.6 Å². The lowest BCUT2D eigenvalue weighted by atomic mass is 10.1. The molecule has 0 spiro atoms. The van der Waals surface area contributed by atoms with Gasteiger partial charge in [-0.2, -0.15) is 0 Å². The van der Waals surface area contributed by atoms with E-state index in [1.807, 2.05) is 35.2 Å². The molecule has 0 amide bonds. The van der Waals surface area contributed by atoms with E-state index in [2.05, 4.69) is 0 Å². The quantitative estimate of drug-likeness (QED) is 0.826. The molecular formula is C16H16F2N2S. The molecule has 2 rings (SSSR count). The molecular weight excluding hydrogens is 290 g/mol. The number of hydrogen-bond donors (Lipinski definition) is 1. The summed E-state index contributed by atoms with van der Waals surface area (Å²) in [6.07, 6.45) is 0.563. The number of rotatable bonds is 6. The summed E-state index contributed by atoms with van der Waals surface area (Å²) in [7, 11) is 0. The Hall–Kier alpha value is -2.01. The highest BCUT2D eigenvalue weighted by molar-refractivity contribution is 7.80. The van der Waals surface area contributed by atoms with Crippen LogP contribution in [0.1, 0.15) is 12.0 Å². The third kappa shape index (κ3) is 4.49. The fraction of sp³-hybridized carbons (Fsp3) is 0.188. The Morgan fingerprint density at radius 2 is 1.76 bits per heavy atom. The number of nitrogens with two attached hydrogens (primary N) is 1. The van der Waals surface area contributed by atoms with Gasteiger partial charge in [0, 0.05) is 25.2 Å². The highest BCUT2D eigenvalue weighted by Gasteiger charge is 2.10. The fourth-order valence-electron chi connectivity index (χ4n) is 2.04. The minimum Gasteiger partial charge on any atom is -0.393 e. The van der Waals surface area contributed by atoms with Gasteiger partial charge in [-0.1, -0.05) is 36.5 Å². The Morgan fingerprint density at radius 3 is 2.38 bits per heavy atom. The van der Waals surface area contributed by atoms with Gasteiger partial charge in [0.2, 0.25) is 0 Å². The zero-order valence-electron chi connectivity index (χ0n) is 11.4. The molecule has 0 aliphatic rings. The minimum absolute atomic E-state index is 0.432. The number of benzene rings is 2. The molecule has 0 heterocycles. The van der Waals surface area contributed by atoms with E-state index in [-0.39, 0.29) is 0 Å². The van der Waals surface area contributed by atoms with Crippen molar-refractivity contribution in [3.8, 4) is 0 Å². The first-order chi connectivity index (χ1) is 10.1. The van der Waals surface area contributed by atoms with Gasteiger partial charge >= 0.3 is 0 Å². The molecule has 0 fully saturated rings. The summed E-state index contributed by atoms with van der Waals surface area (Å²) in [4.78, 5) is 2.47. The SMILES string of the molecule is NC(=S)CCN(Cc1ccc(F)c(F)c1)c1ccccc1. The Morgan fingerprint density at radius 1 is 1.05 bits per heavy atom. The fourth-order valence-corrected chi connectivity index (χ4v) is 2.13. The second kappa shape index (κ2) is 7.13. The molecule has 0 atom stereocenters. The predicted molar refractivity (Wildman–Crippen MR) is 85.3 cm³/mol. The number of thiocarbonyl (C=S) groups is 1. The molecule has 0 aliphatic carbocycles. The summed E-state index contributed by atoms with van der Waals surface area (Å²) in [5.74, 6) is -1.68. The van der Waals surface area contributed by atoms with E-state index in [0.717, 1.165) is 11.8 Å². The first-order valence-electron chi connectivity index (χ1n) is 6.58. The Labute approximate surface area is 128 Å². The van der Waals surface area contributed by atoms with Crippen LogP contribution in [0.5, 0.6) is 0 Å². The molecule has 0 saturated heterocycles. The Balaban J connectivity index is 2.18. The molecule has 0 saturated carbocycles. The van der Waals surface area contributed by atoms with Gasteiger partial charge in [-0.15, -0.1) is 0 Å². The third-order valence-corrected chi connectivity index (χ3v) is 3.31. The van der Waals surface area contributed by atoms with Crippen molar-refractivity contribution in [2.45, 2.75) is 13.0 Å². The molecule has 110 valence electrons. The van der Waals surface area contributed by atoms with Gasteiger partial charge in [0.15, 0.2) is 11.6 Å². The monoisotopic (exact) mass is 306 g/mol. The van der Waals surface area contributed by atoms with E-state index in [1.165, 1.54) is 6.07 Å². The highest BCUT2D eigenvalue weighted by atomic mass is 32.1. The van der Waals surface area contributed by atoms with Crippen LogP contribution in [-0.2, 0) is 6.54 Å². The maximum absolute atomic E-state index is 13.3. The summed E-state index contributed by atoms with van der Waals surface area (Å²) < 4.78 is 26.3. The van der Waals surface area contributed by atoms with Crippen LogP contribution in [0, 0.1) is 11.6 Å². The van der Waals surface area contributed by atoms with Gasteiger partial charge in [-0.25, -0.2) is 8.78 Å². The van der Waals surface area contributed by atoms with E-state index in [4.69, 9.17) is 18.0 Å². The van der Waals surface area contributed by atoms with Gasteiger partial charge in [0.05, 0.1) is 4.99 Å². The van der Waals surface area contributed by atoms with Crippen molar-refractivity contribution in [2.24, 2.45) is 5.73 Å². The van der Waals surface area contributed by atoms with Crippen LogP contribution in [0.2, 0.25) is 0 Å². The Bertz CT molecular complexity index is 617. The normalized spacial score (nSPS) is 10.4. The molecule has 2 N–H and O–H groups in total. The van der Waals surface area contributed by atoms with Gasteiger partial charge in [-0.05, 0) is 29.8 Å². The van der Waals surface area contributed by atoms with Crippen LogP contribution in [0.4, 0.5) is 14.5 Å². The van der Waals surface area contributed by atoms with Crippen molar-refractivity contribution >= 4 is 22.9 Å². The smallest absolute Gasteiger partial charge is 0.159 e. The highest BCUT2D eigenvalue weighted by Crippen LogP contribution is 2.18. The van der Waals surface area contributed by atoms with Crippen LogP contribution in [0.15, 0.2) is 48.5 Å². The van der Waals surface area contributed by atoms with Crippen LogP contribution < -0.4 is 10.6 Å². The van der Waals surface area contributed by atoms with Crippen molar-refractivity contribution < 1.29 is 8.78 Å². The molecule has 5 heteroatoms. The van der Waals surface area contributed by atoms with Crippen molar-refractivity contribution in [1.29, 1.82) is 0 Å². The molecule has 2 aromatic rings. The van der Waals surface area contributed by atoms with Crippen LogP contribution in [0.3, 0.4) is 0 Å². The number of anilines is 1. The summed E-state index contributed by atoms with van der Waals surface area (Å²) in [5, 5.41) is 0. The largest absolute Gasteiger partial charge is 0.393 e. The van der Waals surface area contributed by atoms with Gasteiger partial charge in [0.25, 0.3) is 0 Å². The van der Waals surface area contributed by atoms with Crippen molar-refractivity contribution in [3.63, 3.8) is 0 Å². The van der Waals surface area contributed by atoms with Crippen LogP contribution in [-0.4, -0.2) is 11.5 Å². The average Bonchev–Trinajstić information content (AvgIpc) is 2.48. The number of hydrogen-bond acceptors (Lipinski definition) is 2. The maximum atomic E-state index is 13.3. The van der Waals surface area contributed by atoms with E-state index in [0.29, 0.717) is 30.1 Å². The molecule has 2 nitrogen and oxygen atoms in total. The predicted octanol–water partition coefficient (Wildman–Crippen LogP) is 3.65. The zero-order chi connectivity index (χ0) is 15.2. The summed E-state index contributed by atoms with van der Waals surface area (Å²) in [6, 6.07) is 13.6. The van der Waals surface area contributed by atoms with Crippen LogP contribution >= 0.6 is 12.2 Å². The molecule has 0 aliphatic heterocycles. The standard InChI is InChI=1S/C16H16F2N2S/c17-14-7-6-12(10-15(14)18)11-20(9-8-16(19)21)13-4-2-1-3-5-13/h1-7,10H,8-9,11H2,(H2,19,21). The third-order valence-electron chi connectivity index (χ3n) is 3.11. The second-order valence-electron chi connectivity index (χ2n) is 4.72. The lowest BCUT2D eigenvalue weighted by molar-refractivity contribution is 0.507. The minimum atomic E-state index is -0.840.